The lowest BCUT2D eigenvalue weighted by molar-refractivity contribution is -0.117. The summed E-state index contributed by atoms with van der Waals surface area (Å²) in [5, 5.41) is 2.09. The van der Waals surface area contributed by atoms with Crippen LogP contribution in [0.15, 0.2) is 17.5 Å². The maximum Gasteiger partial charge on any atom is 0.126 e. The minimum atomic E-state index is -0.0247. The van der Waals surface area contributed by atoms with E-state index in [1.165, 1.54) is 30.4 Å². The average Bonchev–Trinajstić information content (AvgIpc) is 2.72. The van der Waals surface area contributed by atoms with Gasteiger partial charge < -0.3 is 4.79 Å². The van der Waals surface area contributed by atoms with E-state index in [0.29, 0.717) is 0 Å². The fraction of sp³-hybridized carbons (Fsp3) is 0.583. The SMILES string of the molecule is O=CC1(Cc2cccs2)CCCCC1. The molecule has 1 aliphatic rings. The number of rotatable bonds is 3. The first-order valence-corrected chi connectivity index (χ1v) is 6.21. The summed E-state index contributed by atoms with van der Waals surface area (Å²) in [6.45, 7) is 0. The van der Waals surface area contributed by atoms with Gasteiger partial charge in [0, 0.05) is 10.3 Å². The fourth-order valence-corrected chi connectivity index (χ4v) is 3.21. The highest BCUT2D eigenvalue weighted by Crippen LogP contribution is 2.38. The number of carbonyl (C=O) groups is 1. The molecule has 2 heteroatoms. The van der Waals surface area contributed by atoms with Crippen LogP contribution in [0.3, 0.4) is 0 Å². The van der Waals surface area contributed by atoms with E-state index in [2.05, 4.69) is 17.5 Å². The lowest BCUT2D eigenvalue weighted by Crippen LogP contribution is -2.27. The molecule has 0 atom stereocenters. The maximum atomic E-state index is 11.2. The zero-order valence-electron chi connectivity index (χ0n) is 8.37. The van der Waals surface area contributed by atoms with Crippen LogP contribution >= 0.6 is 11.3 Å². The number of carbonyl (C=O) groups excluding carboxylic acids is 1. The van der Waals surface area contributed by atoms with Crippen molar-refractivity contribution in [3.05, 3.63) is 22.4 Å². The molecule has 2 rings (SSSR count). The van der Waals surface area contributed by atoms with Crippen molar-refractivity contribution in [1.82, 2.24) is 0 Å². The number of aldehydes is 1. The van der Waals surface area contributed by atoms with Crippen LogP contribution in [-0.2, 0) is 11.2 Å². The van der Waals surface area contributed by atoms with Crippen molar-refractivity contribution in [2.24, 2.45) is 5.41 Å². The van der Waals surface area contributed by atoms with Crippen molar-refractivity contribution in [2.45, 2.75) is 38.5 Å². The van der Waals surface area contributed by atoms with Gasteiger partial charge in [0.1, 0.15) is 6.29 Å². The molecule has 1 aromatic heterocycles. The molecule has 0 aliphatic heterocycles. The Bertz CT molecular complexity index is 283. The molecule has 0 saturated heterocycles. The second-order valence-electron chi connectivity index (χ2n) is 4.30. The van der Waals surface area contributed by atoms with Gasteiger partial charge in [0.2, 0.25) is 0 Å². The molecule has 0 unspecified atom stereocenters. The van der Waals surface area contributed by atoms with Gasteiger partial charge in [-0.3, -0.25) is 0 Å². The molecule has 1 aliphatic carbocycles. The van der Waals surface area contributed by atoms with E-state index < -0.39 is 0 Å². The van der Waals surface area contributed by atoms with Gasteiger partial charge in [-0.2, -0.15) is 0 Å². The van der Waals surface area contributed by atoms with E-state index in [0.717, 1.165) is 19.3 Å². The van der Waals surface area contributed by atoms with Crippen LogP contribution in [0.5, 0.6) is 0 Å². The molecule has 1 fully saturated rings. The van der Waals surface area contributed by atoms with E-state index in [1.807, 2.05) is 0 Å². The van der Waals surface area contributed by atoms with Crippen LogP contribution in [-0.4, -0.2) is 6.29 Å². The highest BCUT2D eigenvalue weighted by Gasteiger charge is 2.31. The van der Waals surface area contributed by atoms with E-state index >= 15 is 0 Å². The Morgan fingerprint density at radius 2 is 2.14 bits per heavy atom. The zero-order chi connectivity index (χ0) is 9.86. The van der Waals surface area contributed by atoms with Crippen LogP contribution in [0.2, 0.25) is 0 Å². The Labute approximate surface area is 89.1 Å². The van der Waals surface area contributed by atoms with Crippen molar-refractivity contribution in [3.8, 4) is 0 Å². The van der Waals surface area contributed by atoms with E-state index in [9.17, 15) is 4.79 Å². The molecule has 1 aromatic rings. The van der Waals surface area contributed by atoms with Crippen molar-refractivity contribution >= 4 is 17.6 Å². The second-order valence-corrected chi connectivity index (χ2v) is 5.33. The van der Waals surface area contributed by atoms with Crippen molar-refractivity contribution < 1.29 is 4.79 Å². The van der Waals surface area contributed by atoms with Crippen molar-refractivity contribution in [3.63, 3.8) is 0 Å². The molecule has 0 N–H and O–H groups in total. The average molecular weight is 208 g/mol. The van der Waals surface area contributed by atoms with Crippen molar-refractivity contribution in [1.29, 1.82) is 0 Å². The number of hydrogen-bond acceptors (Lipinski definition) is 2. The molecule has 0 aromatic carbocycles. The van der Waals surface area contributed by atoms with E-state index in [1.54, 1.807) is 11.3 Å². The molecule has 14 heavy (non-hydrogen) atoms. The summed E-state index contributed by atoms with van der Waals surface area (Å²) in [4.78, 5) is 12.6. The number of thiophene rings is 1. The molecule has 76 valence electrons. The smallest absolute Gasteiger partial charge is 0.126 e. The van der Waals surface area contributed by atoms with Crippen LogP contribution in [0.4, 0.5) is 0 Å². The molecule has 1 nitrogen and oxygen atoms in total. The molecular weight excluding hydrogens is 192 g/mol. The first kappa shape index (κ1) is 9.91. The lowest BCUT2D eigenvalue weighted by atomic mass is 9.73. The summed E-state index contributed by atoms with van der Waals surface area (Å²) in [6.07, 6.45) is 8.12. The highest BCUT2D eigenvalue weighted by molar-refractivity contribution is 7.09. The normalized spacial score (nSPS) is 20.6. The van der Waals surface area contributed by atoms with Gasteiger partial charge >= 0.3 is 0 Å². The van der Waals surface area contributed by atoms with Crippen molar-refractivity contribution in [2.75, 3.05) is 0 Å². The third-order valence-corrected chi connectivity index (χ3v) is 4.08. The Morgan fingerprint density at radius 1 is 1.36 bits per heavy atom. The topological polar surface area (TPSA) is 17.1 Å². The lowest BCUT2D eigenvalue weighted by Gasteiger charge is -2.31. The van der Waals surface area contributed by atoms with E-state index in [-0.39, 0.29) is 5.41 Å². The van der Waals surface area contributed by atoms with Gasteiger partial charge in [-0.25, -0.2) is 0 Å². The Balaban J connectivity index is 2.08. The third-order valence-electron chi connectivity index (χ3n) is 3.21. The van der Waals surface area contributed by atoms with Gasteiger partial charge in [-0.1, -0.05) is 25.3 Å². The third kappa shape index (κ3) is 2.06. The minimum absolute atomic E-state index is 0.0247. The fourth-order valence-electron chi connectivity index (χ4n) is 2.35. The maximum absolute atomic E-state index is 11.2. The predicted octanol–water partition coefficient (Wildman–Crippen LogP) is 3.44. The Morgan fingerprint density at radius 3 is 2.71 bits per heavy atom. The molecule has 0 radical (unpaired) electrons. The molecular formula is C12H16OS. The van der Waals surface area contributed by atoms with Gasteiger partial charge in [0.15, 0.2) is 0 Å². The quantitative estimate of drug-likeness (QED) is 0.695. The van der Waals surface area contributed by atoms with Crippen LogP contribution < -0.4 is 0 Å². The monoisotopic (exact) mass is 208 g/mol. The zero-order valence-corrected chi connectivity index (χ0v) is 9.19. The predicted molar refractivity (Wildman–Crippen MR) is 59.6 cm³/mol. The summed E-state index contributed by atoms with van der Waals surface area (Å²) in [6, 6.07) is 4.21. The van der Waals surface area contributed by atoms with Gasteiger partial charge in [-0.15, -0.1) is 11.3 Å². The highest BCUT2D eigenvalue weighted by atomic mass is 32.1. The second kappa shape index (κ2) is 4.26. The summed E-state index contributed by atoms with van der Waals surface area (Å²) < 4.78 is 0. The summed E-state index contributed by atoms with van der Waals surface area (Å²) in [7, 11) is 0. The van der Waals surface area contributed by atoms with Gasteiger partial charge in [0.25, 0.3) is 0 Å². The standard InChI is InChI=1S/C12H16OS/c13-10-12(6-2-1-3-7-12)9-11-5-4-8-14-11/h4-5,8,10H,1-3,6-7,9H2. The molecule has 0 amide bonds. The van der Waals surface area contributed by atoms with E-state index in [4.69, 9.17) is 0 Å². The first-order chi connectivity index (χ1) is 6.85. The molecule has 1 saturated carbocycles. The molecule has 0 spiro atoms. The summed E-state index contributed by atoms with van der Waals surface area (Å²) in [5.74, 6) is 0. The van der Waals surface area contributed by atoms with Crippen LogP contribution in [0.25, 0.3) is 0 Å². The first-order valence-electron chi connectivity index (χ1n) is 5.33. The van der Waals surface area contributed by atoms with Crippen LogP contribution in [0, 0.1) is 5.41 Å². The largest absolute Gasteiger partial charge is 0.303 e. The summed E-state index contributed by atoms with van der Waals surface area (Å²) >= 11 is 1.77. The van der Waals surface area contributed by atoms with Gasteiger partial charge in [0.05, 0.1) is 0 Å². The Hall–Kier alpha value is -0.630. The summed E-state index contributed by atoms with van der Waals surface area (Å²) in [5.41, 5.74) is -0.0247. The Kier molecular flexibility index (Phi) is 3.02. The molecule has 1 heterocycles. The van der Waals surface area contributed by atoms with Crippen LogP contribution in [0.1, 0.15) is 37.0 Å². The van der Waals surface area contributed by atoms with Gasteiger partial charge in [-0.05, 0) is 30.7 Å². The minimum Gasteiger partial charge on any atom is -0.303 e. The molecule has 0 bridgehead atoms. The number of hydrogen-bond donors (Lipinski definition) is 0.